The molecule has 148 valence electrons. The summed E-state index contributed by atoms with van der Waals surface area (Å²) in [5.74, 6) is 0.373. The number of carbonyl (C=O) groups is 3. The van der Waals surface area contributed by atoms with Crippen LogP contribution in [0.3, 0.4) is 0 Å². The van der Waals surface area contributed by atoms with Gasteiger partial charge >= 0.3 is 12.2 Å². The Morgan fingerprint density at radius 2 is 1.62 bits per heavy atom. The van der Waals surface area contributed by atoms with Gasteiger partial charge in [0, 0.05) is 18.5 Å². The lowest BCUT2D eigenvalue weighted by Gasteiger charge is -2.49. The van der Waals surface area contributed by atoms with Gasteiger partial charge in [-0.25, -0.2) is 14.5 Å². The van der Waals surface area contributed by atoms with Crippen molar-refractivity contribution in [2.45, 2.75) is 71.6 Å². The van der Waals surface area contributed by atoms with E-state index in [9.17, 15) is 14.4 Å². The lowest BCUT2D eigenvalue weighted by Crippen LogP contribution is -2.58. The lowest BCUT2D eigenvalue weighted by atomic mass is 9.76. The molecule has 3 heterocycles. The summed E-state index contributed by atoms with van der Waals surface area (Å²) in [4.78, 5) is 39.7. The third-order valence-corrected chi connectivity index (χ3v) is 4.73. The fourth-order valence-electron chi connectivity index (χ4n) is 3.59. The molecule has 4 atom stereocenters. The van der Waals surface area contributed by atoms with Crippen molar-refractivity contribution >= 4 is 18.5 Å². The van der Waals surface area contributed by atoms with Gasteiger partial charge in [-0.15, -0.1) is 0 Å². The van der Waals surface area contributed by atoms with Crippen molar-refractivity contribution in [3.8, 4) is 0 Å². The predicted octanol–water partition coefficient (Wildman–Crippen LogP) is 3.07. The van der Waals surface area contributed by atoms with Crippen molar-refractivity contribution in [1.29, 1.82) is 0 Å². The Morgan fingerprint density at radius 3 is 2.00 bits per heavy atom. The molecule has 26 heavy (non-hydrogen) atoms. The van der Waals surface area contributed by atoms with Gasteiger partial charge in [0.15, 0.2) is 0 Å². The number of hydrogen-bond donors (Lipinski definition) is 0. The van der Waals surface area contributed by atoms with E-state index in [1.807, 2.05) is 0 Å². The molecule has 0 radical (unpaired) electrons. The molecule has 3 aliphatic heterocycles. The van der Waals surface area contributed by atoms with Gasteiger partial charge in [-0.1, -0.05) is 0 Å². The maximum absolute atomic E-state index is 12.6. The second kappa shape index (κ2) is 7.55. The highest BCUT2D eigenvalue weighted by Gasteiger charge is 2.42. The van der Waals surface area contributed by atoms with E-state index >= 15 is 0 Å². The van der Waals surface area contributed by atoms with E-state index in [-0.39, 0.29) is 18.5 Å². The molecule has 0 aromatic heterocycles. The van der Waals surface area contributed by atoms with Crippen molar-refractivity contribution < 1.29 is 23.9 Å². The van der Waals surface area contributed by atoms with Crippen LogP contribution < -0.4 is 0 Å². The molecule has 7 nitrogen and oxygen atoms in total. The summed E-state index contributed by atoms with van der Waals surface area (Å²) in [6, 6.07) is 0.0324. The fourth-order valence-corrected chi connectivity index (χ4v) is 3.59. The van der Waals surface area contributed by atoms with Crippen LogP contribution >= 0.6 is 0 Å². The van der Waals surface area contributed by atoms with Gasteiger partial charge in [0.1, 0.15) is 17.5 Å². The number of imide groups is 1. The number of piperidine rings is 3. The second-order valence-corrected chi connectivity index (χ2v) is 9.30. The van der Waals surface area contributed by atoms with Crippen LogP contribution in [0.2, 0.25) is 0 Å². The normalized spacial score (nSPS) is 28.4. The summed E-state index contributed by atoms with van der Waals surface area (Å²) in [5.41, 5.74) is -1.41. The number of amides is 2. The van der Waals surface area contributed by atoms with E-state index in [4.69, 9.17) is 9.47 Å². The molecular formula is C19H32N2O5. The molecule has 0 saturated carbocycles. The minimum Gasteiger partial charge on any atom is -0.443 e. The zero-order chi connectivity index (χ0) is 19.7. The van der Waals surface area contributed by atoms with Gasteiger partial charge in [0.05, 0.1) is 6.54 Å². The first-order chi connectivity index (χ1) is 11.9. The summed E-state index contributed by atoms with van der Waals surface area (Å²) in [5, 5.41) is 0. The van der Waals surface area contributed by atoms with Crippen LogP contribution in [-0.2, 0) is 14.3 Å². The minimum atomic E-state index is -0.703. The number of hydrogen-bond acceptors (Lipinski definition) is 6. The van der Waals surface area contributed by atoms with E-state index in [0.717, 1.165) is 30.6 Å². The SMILES string of the molecule is CC(C)(C)OC(=O)N(C[C@@H]1C[C@@H]2CCN1C[C@@H]2C=O)C(=O)OC(C)(C)C. The number of rotatable bonds is 3. The molecule has 0 spiro atoms. The molecule has 2 amide bonds. The van der Waals surface area contributed by atoms with Crippen molar-refractivity contribution in [2.75, 3.05) is 19.6 Å². The molecule has 3 aliphatic rings. The standard InChI is InChI=1S/C19H32N2O5/c1-18(2,3)25-16(23)21(17(24)26-19(4,5)6)11-15-9-13-7-8-20(15)10-14(13)12-22/h12-15H,7-11H2,1-6H3/t13-,14+,15-/m0/s1. The van der Waals surface area contributed by atoms with E-state index in [1.165, 1.54) is 0 Å². The lowest BCUT2D eigenvalue weighted by molar-refractivity contribution is -0.118. The summed E-state index contributed by atoms with van der Waals surface area (Å²) in [7, 11) is 0. The van der Waals surface area contributed by atoms with Crippen LogP contribution in [0, 0.1) is 11.8 Å². The van der Waals surface area contributed by atoms with Gasteiger partial charge in [0.2, 0.25) is 0 Å². The van der Waals surface area contributed by atoms with E-state index in [2.05, 4.69) is 4.90 Å². The van der Waals surface area contributed by atoms with Crippen LogP contribution in [0.5, 0.6) is 0 Å². The Labute approximate surface area is 156 Å². The first-order valence-electron chi connectivity index (χ1n) is 9.32. The van der Waals surface area contributed by atoms with E-state index < -0.39 is 23.4 Å². The van der Waals surface area contributed by atoms with Crippen LogP contribution in [-0.4, -0.2) is 65.2 Å². The third-order valence-electron chi connectivity index (χ3n) is 4.73. The molecule has 0 N–H and O–H groups in total. The molecule has 2 bridgehead atoms. The van der Waals surface area contributed by atoms with Gasteiger partial charge in [-0.05, 0) is 66.8 Å². The van der Waals surface area contributed by atoms with Crippen LogP contribution in [0.15, 0.2) is 0 Å². The molecule has 0 aromatic carbocycles. The second-order valence-electron chi connectivity index (χ2n) is 9.30. The van der Waals surface area contributed by atoms with Gasteiger partial charge in [-0.2, -0.15) is 0 Å². The summed E-state index contributed by atoms with van der Waals surface area (Å²) in [6.07, 6.45) is 1.43. The van der Waals surface area contributed by atoms with Crippen molar-refractivity contribution in [3.63, 3.8) is 0 Å². The van der Waals surface area contributed by atoms with Crippen LogP contribution in [0.4, 0.5) is 9.59 Å². The average Bonchev–Trinajstić information content (AvgIpc) is 2.49. The van der Waals surface area contributed by atoms with Crippen LogP contribution in [0.1, 0.15) is 54.4 Å². The zero-order valence-corrected chi connectivity index (χ0v) is 16.8. The number of ether oxygens (including phenoxy) is 2. The number of aldehydes is 1. The Morgan fingerprint density at radius 1 is 1.08 bits per heavy atom. The van der Waals surface area contributed by atoms with Gasteiger partial charge in [0.25, 0.3) is 0 Å². The van der Waals surface area contributed by atoms with Crippen molar-refractivity contribution in [3.05, 3.63) is 0 Å². The highest BCUT2D eigenvalue weighted by atomic mass is 16.6. The van der Waals surface area contributed by atoms with Crippen molar-refractivity contribution in [2.24, 2.45) is 11.8 Å². The summed E-state index contributed by atoms with van der Waals surface area (Å²) in [6.45, 7) is 12.4. The maximum Gasteiger partial charge on any atom is 0.419 e. The largest absolute Gasteiger partial charge is 0.443 e. The van der Waals surface area contributed by atoms with E-state index in [1.54, 1.807) is 41.5 Å². The first kappa shape index (κ1) is 20.7. The van der Waals surface area contributed by atoms with Gasteiger partial charge < -0.3 is 14.3 Å². The summed E-state index contributed by atoms with van der Waals surface area (Å²) < 4.78 is 10.8. The Balaban J connectivity index is 2.12. The molecule has 7 heteroatoms. The fraction of sp³-hybridized carbons (Fsp3) is 0.842. The Bertz CT molecular complexity index is 521. The Kier molecular flexibility index (Phi) is 6.00. The van der Waals surface area contributed by atoms with E-state index in [0.29, 0.717) is 12.5 Å². The monoisotopic (exact) mass is 368 g/mol. The molecule has 1 unspecified atom stereocenters. The smallest absolute Gasteiger partial charge is 0.419 e. The third kappa shape index (κ3) is 5.43. The predicted molar refractivity (Wildman–Crippen MR) is 96.8 cm³/mol. The topological polar surface area (TPSA) is 76.2 Å². The minimum absolute atomic E-state index is 0.0324. The molecular weight excluding hydrogens is 336 g/mol. The number of nitrogens with zero attached hydrogens (tertiary/aromatic N) is 2. The molecule has 3 saturated heterocycles. The summed E-state index contributed by atoms with van der Waals surface area (Å²) >= 11 is 0. The molecule has 0 aromatic rings. The average molecular weight is 368 g/mol. The zero-order valence-electron chi connectivity index (χ0n) is 16.8. The molecule has 3 rings (SSSR count). The first-order valence-corrected chi connectivity index (χ1v) is 9.32. The Hall–Kier alpha value is -1.63. The highest BCUT2D eigenvalue weighted by Crippen LogP contribution is 2.35. The quantitative estimate of drug-likeness (QED) is 0.713. The van der Waals surface area contributed by atoms with Crippen LogP contribution in [0.25, 0.3) is 0 Å². The maximum atomic E-state index is 12.6. The van der Waals surface area contributed by atoms with Gasteiger partial charge in [-0.3, -0.25) is 4.90 Å². The molecule has 3 fully saturated rings. The highest BCUT2D eigenvalue weighted by molar-refractivity contribution is 5.88. The molecule has 0 aliphatic carbocycles. The number of fused-ring (bicyclic) bond motifs is 3. The van der Waals surface area contributed by atoms with Crippen molar-refractivity contribution in [1.82, 2.24) is 9.80 Å². The number of carbonyl (C=O) groups excluding carboxylic acids is 3.